The first-order valence-electron chi connectivity index (χ1n) is 19.1. The van der Waals surface area contributed by atoms with Gasteiger partial charge in [0, 0.05) is 12.5 Å². The number of likely N-dealkylation sites (tertiary alicyclic amines) is 1. The highest BCUT2D eigenvalue weighted by atomic mass is 16.5. The Morgan fingerprint density at radius 3 is 1.98 bits per heavy atom. The molecule has 3 atom stereocenters. The Balaban J connectivity index is 1.30. The predicted octanol–water partition coefficient (Wildman–Crippen LogP) is 3.06. The number of carbonyl (C=O) groups is 7. The molecule has 15 heteroatoms. The predicted molar refractivity (Wildman–Crippen MR) is 208 cm³/mol. The number of amides is 6. The van der Waals surface area contributed by atoms with E-state index < -0.39 is 77.3 Å². The maximum Gasteiger partial charge on any atom is 0.408 e. The van der Waals surface area contributed by atoms with Crippen molar-refractivity contribution in [2.24, 2.45) is 11.8 Å². The third kappa shape index (κ3) is 10.4. The lowest BCUT2D eigenvalue weighted by Gasteiger charge is -2.35. The van der Waals surface area contributed by atoms with Crippen molar-refractivity contribution in [2.45, 2.75) is 110 Å². The van der Waals surface area contributed by atoms with Crippen LogP contribution in [0.1, 0.15) is 91.7 Å². The number of nitrogens with one attached hydrogen (secondary N) is 5. The summed E-state index contributed by atoms with van der Waals surface area (Å²) in [4.78, 5) is 92.5. The van der Waals surface area contributed by atoms with E-state index in [0.717, 1.165) is 22.3 Å². The number of carboxylic acid groups (broad SMARTS) is 1. The van der Waals surface area contributed by atoms with Gasteiger partial charge in [-0.15, -0.1) is 0 Å². The average Bonchev–Trinajstić information content (AvgIpc) is 3.74. The molecular weight excluding hydrogens is 720 g/mol. The molecule has 15 nitrogen and oxygen atoms in total. The SMILES string of the molecule is CC(C)C[C@H](NC(=O)CNC(=O)C(C)(C)NC(=O)OCC1c2ccccc2-c2ccccc21)C(=O)NC(C)(C)C(=O)N1CCC[C@H]1C(=O)N[C@H](C(=O)O)C(C)C. The number of carbonyl (C=O) groups excluding carboxylic acids is 6. The third-order valence-electron chi connectivity index (χ3n) is 10.1. The number of hydrogen-bond acceptors (Lipinski definition) is 8. The average molecular weight is 777 g/mol. The molecule has 6 N–H and O–H groups in total. The number of ether oxygens (including phenoxy) is 1. The van der Waals surface area contributed by atoms with Crippen molar-refractivity contribution in [1.82, 2.24) is 31.5 Å². The summed E-state index contributed by atoms with van der Waals surface area (Å²) >= 11 is 0. The number of nitrogens with zero attached hydrogens (tertiary/aromatic N) is 1. The summed E-state index contributed by atoms with van der Waals surface area (Å²) in [5.74, 6) is -4.86. The van der Waals surface area contributed by atoms with Gasteiger partial charge in [0.15, 0.2) is 0 Å². The quantitative estimate of drug-likeness (QED) is 0.148. The Bertz CT molecular complexity index is 1780. The van der Waals surface area contributed by atoms with Crippen LogP contribution in [0.2, 0.25) is 0 Å². The van der Waals surface area contributed by atoms with Gasteiger partial charge >= 0.3 is 12.1 Å². The Labute approximate surface area is 328 Å². The summed E-state index contributed by atoms with van der Waals surface area (Å²) in [7, 11) is 0. The Hall–Kier alpha value is -5.47. The second-order valence-electron chi connectivity index (χ2n) is 16.3. The van der Waals surface area contributed by atoms with Crippen LogP contribution < -0.4 is 26.6 Å². The minimum absolute atomic E-state index is 0.0467. The fraction of sp³-hybridized carbons (Fsp3) is 0.537. The zero-order valence-corrected chi connectivity index (χ0v) is 33.5. The fourth-order valence-corrected chi connectivity index (χ4v) is 7.13. The molecule has 1 aliphatic carbocycles. The van der Waals surface area contributed by atoms with E-state index in [0.29, 0.717) is 12.8 Å². The second kappa shape index (κ2) is 18.0. The van der Waals surface area contributed by atoms with Crippen LogP contribution in [-0.4, -0.2) is 101 Å². The van der Waals surface area contributed by atoms with E-state index in [4.69, 9.17) is 4.74 Å². The number of rotatable bonds is 16. The zero-order chi connectivity index (χ0) is 41.5. The van der Waals surface area contributed by atoms with Crippen molar-refractivity contribution < 1.29 is 43.4 Å². The monoisotopic (exact) mass is 776 g/mol. The smallest absolute Gasteiger partial charge is 0.408 e. The van der Waals surface area contributed by atoms with Gasteiger partial charge in [0.2, 0.25) is 29.5 Å². The summed E-state index contributed by atoms with van der Waals surface area (Å²) in [5, 5.41) is 22.5. The highest BCUT2D eigenvalue weighted by Crippen LogP contribution is 2.44. The fourth-order valence-electron chi connectivity index (χ4n) is 7.13. The third-order valence-corrected chi connectivity index (χ3v) is 10.1. The van der Waals surface area contributed by atoms with Gasteiger partial charge in [-0.1, -0.05) is 76.2 Å². The molecule has 0 unspecified atom stereocenters. The molecular formula is C41H56N6O9. The minimum atomic E-state index is -1.49. The summed E-state index contributed by atoms with van der Waals surface area (Å²) in [6, 6.07) is 12.7. The van der Waals surface area contributed by atoms with E-state index >= 15 is 0 Å². The van der Waals surface area contributed by atoms with Crippen molar-refractivity contribution in [1.29, 1.82) is 0 Å². The van der Waals surface area contributed by atoms with Gasteiger partial charge in [0.05, 0.1) is 6.54 Å². The number of fused-ring (bicyclic) bond motifs is 3. The molecule has 2 aliphatic rings. The van der Waals surface area contributed by atoms with Gasteiger partial charge in [-0.2, -0.15) is 0 Å². The van der Waals surface area contributed by atoms with Gasteiger partial charge in [0.1, 0.15) is 35.8 Å². The molecule has 6 amide bonds. The van der Waals surface area contributed by atoms with Crippen LogP contribution in [0.5, 0.6) is 0 Å². The highest BCUT2D eigenvalue weighted by molar-refractivity contribution is 5.98. The molecule has 2 aromatic carbocycles. The molecule has 1 aliphatic heterocycles. The summed E-state index contributed by atoms with van der Waals surface area (Å²) in [5.41, 5.74) is 1.30. The number of alkyl carbamates (subject to hydrolysis) is 1. The lowest BCUT2D eigenvalue weighted by Crippen LogP contribution is -2.62. The van der Waals surface area contributed by atoms with Gasteiger partial charge in [-0.3, -0.25) is 24.0 Å². The lowest BCUT2D eigenvalue weighted by atomic mass is 9.98. The largest absolute Gasteiger partial charge is 0.480 e. The normalized spacial score (nSPS) is 16.3. The van der Waals surface area contributed by atoms with Crippen LogP contribution in [0.25, 0.3) is 11.1 Å². The molecule has 1 heterocycles. The Morgan fingerprint density at radius 1 is 0.839 bits per heavy atom. The maximum absolute atomic E-state index is 13.7. The van der Waals surface area contributed by atoms with Crippen LogP contribution in [0.3, 0.4) is 0 Å². The lowest BCUT2D eigenvalue weighted by molar-refractivity contribution is -0.147. The first kappa shape index (κ1) is 43.3. The van der Waals surface area contributed by atoms with Crippen molar-refractivity contribution in [2.75, 3.05) is 19.7 Å². The molecule has 56 heavy (non-hydrogen) atoms. The first-order chi connectivity index (χ1) is 26.2. The summed E-state index contributed by atoms with van der Waals surface area (Å²) < 4.78 is 5.58. The van der Waals surface area contributed by atoms with E-state index in [2.05, 4.69) is 26.6 Å². The molecule has 1 saturated heterocycles. The molecule has 1 fully saturated rings. The number of hydrogen-bond donors (Lipinski definition) is 6. The zero-order valence-electron chi connectivity index (χ0n) is 33.5. The summed E-state index contributed by atoms with van der Waals surface area (Å²) in [6.07, 6.45) is 0.263. The van der Waals surface area contributed by atoms with Crippen molar-refractivity contribution in [3.63, 3.8) is 0 Å². The molecule has 0 radical (unpaired) electrons. The van der Waals surface area contributed by atoms with Crippen molar-refractivity contribution in [3.05, 3.63) is 59.7 Å². The Morgan fingerprint density at radius 2 is 1.43 bits per heavy atom. The van der Waals surface area contributed by atoms with E-state index in [1.165, 1.54) is 32.6 Å². The molecule has 2 aromatic rings. The molecule has 0 spiro atoms. The van der Waals surface area contributed by atoms with E-state index in [1.54, 1.807) is 13.8 Å². The molecule has 0 saturated carbocycles. The van der Waals surface area contributed by atoms with Gasteiger partial charge in [0.25, 0.3) is 0 Å². The van der Waals surface area contributed by atoms with E-state index in [9.17, 15) is 38.7 Å². The maximum atomic E-state index is 13.7. The van der Waals surface area contributed by atoms with Gasteiger partial charge in [-0.25, -0.2) is 9.59 Å². The molecule has 0 bridgehead atoms. The molecule has 304 valence electrons. The van der Waals surface area contributed by atoms with Crippen LogP contribution in [0.15, 0.2) is 48.5 Å². The highest BCUT2D eigenvalue weighted by Gasteiger charge is 2.43. The van der Waals surface area contributed by atoms with Gasteiger partial charge in [-0.05, 0) is 81.0 Å². The topological polar surface area (TPSA) is 212 Å². The second-order valence-corrected chi connectivity index (χ2v) is 16.3. The van der Waals surface area contributed by atoms with E-state index in [-0.39, 0.29) is 37.3 Å². The number of aliphatic carboxylic acids is 1. The first-order valence-corrected chi connectivity index (χ1v) is 19.1. The summed E-state index contributed by atoms with van der Waals surface area (Å²) in [6.45, 7) is 12.8. The standard InChI is InChI=1S/C41H56N6O9/c1-23(2)20-30(34(49)45-41(7,8)38(54)47-19-13-18-31(47)35(50)44-33(24(3)4)36(51)52)43-32(48)21-42-37(53)40(5,6)46-39(55)56-22-29-27-16-11-9-14-25(27)26-15-10-12-17-28(26)29/h9-12,14-17,23-24,29-31,33H,13,18-22H2,1-8H3,(H,42,53)(H,43,48)(H,44,50)(H,45,49)(H,46,55)(H,51,52)/t30-,31-,33-/m0/s1. The van der Waals surface area contributed by atoms with E-state index in [1.807, 2.05) is 62.4 Å². The van der Waals surface area contributed by atoms with Crippen LogP contribution in [0.4, 0.5) is 4.79 Å². The minimum Gasteiger partial charge on any atom is -0.480 e. The Kier molecular flexibility index (Phi) is 13.9. The van der Waals surface area contributed by atoms with Crippen molar-refractivity contribution >= 4 is 41.6 Å². The van der Waals surface area contributed by atoms with Crippen LogP contribution in [0, 0.1) is 11.8 Å². The van der Waals surface area contributed by atoms with Crippen LogP contribution >= 0.6 is 0 Å². The molecule has 4 rings (SSSR count). The van der Waals surface area contributed by atoms with Crippen LogP contribution in [-0.2, 0) is 33.5 Å². The number of benzene rings is 2. The number of carboxylic acids is 1. The van der Waals surface area contributed by atoms with Crippen molar-refractivity contribution in [3.8, 4) is 11.1 Å². The molecule has 0 aromatic heterocycles. The van der Waals surface area contributed by atoms with Gasteiger partial charge < -0.3 is 41.3 Å².